The molecule has 0 aliphatic rings. The summed E-state index contributed by atoms with van der Waals surface area (Å²) in [5, 5.41) is 12.4. The molecule has 0 saturated carbocycles. The summed E-state index contributed by atoms with van der Waals surface area (Å²) in [5.41, 5.74) is 1.08. The van der Waals surface area contributed by atoms with E-state index in [0.717, 1.165) is 18.4 Å². The van der Waals surface area contributed by atoms with Gasteiger partial charge in [0.15, 0.2) is 0 Å². The molecular formula is C17H27NO2. The van der Waals surface area contributed by atoms with E-state index in [4.69, 9.17) is 0 Å². The Balaban J connectivity index is 2.57. The van der Waals surface area contributed by atoms with Gasteiger partial charge in [0.1, 0.15) is 0 Å². The molecule has 112 valence electrons. The number of aliphatic hydroxyl groups excluding tert-OH is 1. The lowest BCUT2D eigenvalue weighted by atomic mass is 9.93. The minimum Gasteiger partial charge on any atom is -0.393 e. The number of rotatable bonds is 8. The van der Waals surface area contributed by atoms with Gasteiger partial charge < -0.3 is 10.4 Å². The number of benzene rings is 1. The molecule has 20 heavy (non-hydrogen) atoms. The highest BCUT2D eigenvalue weighted by molar-refractivity contribution is 5.83. The number of hydrogen-bond donors (Lipinski definition) is 2. The fourth-order valence-electron chi connectivity index (χ4n) is 2.49. The first-order valence-corrected chi connectivity index (χ1v) is 7.55. The van der Waals surface area contributed by atoms with Crippen molar-refractivity contribution in [1.82, 2.24) is 5.32 Å². The first kappa shape index (κ1) is 16.7. The maximum atomic E-state index is 12.4. The lowest BCUT2D eigenvalue weighted by Crippen LogP contribution is -2.33. The molecule has 3 unspecified atom stereocenters. The Bertz CT molecular complexity index is 389. The standard InChI is InChI=1S/C17H27NO2/c1-4-8-16(15-9-6-5-7-10-15)17(20)18-12-13(2)11-14(3)19/h5-7,9-10,13-14,16,19H,4,8,11-12H2,1-3H3,(H,18,20). The summed E-state index contributed by atoms with van der Waals surface area (Å²) in [6.45, 7) is 6.54. The summed E-state index contributed by atoms with van der Waals surface area (Å²) in [5.74, 6) is 0.312. The zero-order chi connectivity index (χ0) is 15.0. The predicted molar refractivity (Wildman–Crippen MR) is 82.6 cm³/mol. The quantitative estimate of drug-likeness (QED) is 0.767. The van der Waals surface area contributed by atoms with Gasteiger partial charge >= 0.3 is 0 Å². The van der Waals surface area contributed by atoms with E-state index in [1.807, 2.05) is 37.3 Å². The van der Waals surface area contributed by atoms with Gasteiger partial charge in [0, 0.05) is 6.54 Å². The topological polar surface area (TPSA) is 49.3 Å². The molecule has 3 atom stereocenters. The smallest absolute Gasteiger partial charge is 0.227 e. The molecule has 0 bridgehead atoms. The van der Waals surface area contributed by atoms with Crippen LogP contribution in [0, 0.1) is 5.92 Å². The summed E-state index contributed by atoms with van der Waals surface area (Å²) in [6.07, 6.45) is 2.24. The largest absolute Gasteiger partial charge is 0.393 e. The molecule has 1 aromatic rings. The van der Waals surface area contributed by atoms with E-state index in [0.29, 0.717) is 13.0 Å². The van der Waals surface area contributed by atoms with Crippen LogP contribution >= 0.6 is 0 Å². The van der Waals surface area contributed by atoms with Gasteiger partial charge in [-0.1, -0.05) is 50.6 Å². The molecule has 0 aliphatic heterocycles. The molecule has 0 aromatic heterocycles. The van der Waals surface area contributed by atoms with Crippen molar-refractivity contribution in [2.24, 2.45) is 5.92 Å². The summed E-state index contributed by atoms with van der Waals surface area (Å²) in [6, 6.07) is 9.94. The van der Waals surface area contributed by atoms with Crippen LogP contribution in [0.1, 0.15) is 51.5 Å². The first-order valence-electron chi connectivity index (χ1n) is 7.55. The average Bonchev–Trinajstić information content (AvgIpc) is 2.42. The van der Waals surface area contributed by atoms with Crippen LogP contribution in [-0.2, 0) is 4.79 Å². The Morgan fingerprint density at radius 1 is 1.25 bits per heavy atom. The highest BCUT2D eigenvalue weighted by Crippen LogP contribution is 2.21. The van der Waals surface area contributed by atoms with E-state index < -0.39 is 0 Å². The van der Waals surface area contributed by atoms with Crippen LogP contribution in [0.4, 0.5) is 0 Å². The summed E-state index contributed by atoms with van der Waals surface area (Å²) in [4.78, 5) is 12.4. The number of aliphatic hydroxyl groups is 1. The van der Waals surface area contributed by atoms with Gasteiger partial charge in [-0.3, -0.25) is 4.79 Å². The second-order valence-electron chi connectivity index (χ2n) is 5.69. The fourth-order valence-corrected chi connectivity index (χ4v) is 2.49. The second-order valence-corrected chi connectivity index (χ2v) is 5.69. The third kappa shape index (κ3) is 5.74. The molecule has 0 radical (unpaired) electrons. The molecule has 0 aliphatic carbocycles. The van der Waals surface area contributed by atoms with Crippen LogP contribution in [0.3, 0.4) is 0 Å². The molecule has 3 heteroatoms. The van der Waals surface area contributed by atoms with Gasteiger partial charge in [0.25, 0.3) is 0 Å². The predicted octanol–water partition coefficient (Wildman–Crippen LogP) is 3.09. The maximum absolute atomic E-state index is 12.4. The van der Waals surface area contributed by atoms with Gasteiger partial charge in [-0.25, -0.2) is 0 Å². The second kappa shape index (κ2) is 8.75. The Morgan fingerprint density at radius 3 is 2.45 bits per heavy atom. The van der Waals surface area contributed by atoms with E-state index in [-0.39, 0.29) is 23.8 Å². The third-order valence-corrected chi connectivity index (χ3v) is 3.46. The van der Waals surface area contributed by atoms with Crippen molar-refractivity contribution in [1.29, 1.82) is 0 Å². The van der Waals surface area contributed by atoms with Gasteiger partial charge in [-0.05, 0) is 31.2 Å². The van der Waals surface area contributed by atoms with Crippen molar-refractivity contribution in [3.8, 4) is 0 Å². The van der Waals surface area contributed by atoms with Gasteiger partial charge in [-0.15, -0.1) is 0 Å². The van der Waals surface area contributed by atoms with Crippen LogP contribution in [-0.4, -0.2) is 23.7 Å². The minimum absolute atomic E-state index is 0.0695. The average molecular weight is 277 g/mol. The number of amides is 1. The molecule has 0 spiro atoms. The van der Waals surface area contributed by atoms with E-state index in [1.165, 1.54) is 0 Å². The normalized spacial score (nSPS) is 15.4. The van der Waals surface area contributed by atoms with Crippen molar-refractivity contribution in [3.63, 3.8) is 0 Å². The minimum atomic E-state index is -0.317. The third-order valence-electron chi connectivity index (χ3n) is 3.46. The Hall–Kier alpha value is -1.35. The van der Waals surface area contributed by atoms with Crippen LogP contribution in [0.5, 0.6) is 0 Å². The summed E-state index contributed by atoms with van der Waals surface area (Å²) < 4.78 is 0. The highest BCUT2D eigenvalue weighted by Gasteiger charge is 2.19. The summed E-state index contributed by atoms with van der Waals surface area (Å²) in [7, 11) is 0. The number of nitrogens with one attached hydrogen (secondary N) is 1. The van der Waals surface area contributed by atoms with Crippen molar-refractivity contribution >= 4 is 5.91 Å². The van der Waals surface area contributed by atoms with E-state index in [1.54, 1.807) is 6.92 Å². The summed E-state index contributed by atoms with van der Waals surface area (Å²) >= 11 is 0. The van der Waals surface area contributed by atoms with Gasteiger partial charge in [-0.2, -0.15) is 0 Å². The number of hydrogen-bond acceptors (Lipinski definition) is 2. The number of carbonyl (C=O) groups is 1. The number of carbonyl (C=O) groups excluding carboxylic acids is 1. The van der Waals surface area contributed by atoms with Crippen LogP contribution in [0.2, 0.25) is 0 Å². The van der Waals surface area contributed by atoms with E-state index in [2.05, 4.69) is 12.2 Å². The van der Waals surface area contributed by atoms with Crippen LogP contribution < -0.4 is 5.32 Å². The molecule has 0 heterocycles. The lowest BCUT2D eigenvalue weighted by molar-refractivity contribution is -0.123. The molecular weight excluding hydrogens is 250 g/mol. The SMILES string of the molecule is CCCC(C(=O)NCC(C)CC(C)O)c1ccccc1. The van der Waals surface area contributed by atoms with E-state index in [9.17, 15) is 9.90 Å². The Morgan fingerprint density at radius 2 is 1.90 bits per heavy atom. The monoisotopic (exact) mass is 277 g/mol. The molecule has 1 aromatic carbocycles. The fraction of sp³-hybridized carbons (Fsp3) is 0.588. The van der Waals surface area contributed by atoms with Crippen LogP contribution in [0.25, 0.3) is 0 Å². The van der Waals surface area contributed by atoms with Crippen molar-refractivity contribution < 1.29 is 9.90 Å². The van der Waals surface area contributed by atoms with Gasteiger partial charge in [0.2, 0.25) is 5.91 Å². The molecule has 3 nitrogen and oxygen atoms in total. The van der Waals surface area contributed by atoms with Crippen molar-refractivity contribution in [2.75, 3.05) is 6.54 Å². The first-order chi connectivity index (χ1) is 9.54. The molecule has 2 N–H and O–H groups in total. The van der Waals surface area contributed by atoms with Crippen molar-refractivity contribution in [2.45, 2.75) is 52.1 Å². The molecule has 1 rings (SSSR count). The Kier molecular flexibility index (Phi) is 7.31. The zero-order valence-electron chi connectivity index (χ0n) is 12.8. The maximum Gasteiger partial charge on any atom is 0.227 e. The molecule has 0 saturated heterocycles. The van der Waals surface area contributed by atoms with Gasteiger partial charge in [0.05, 0.1) is 12.0 Å². The lowest BCUT2D eigenvalue weighted by Gasteiger charge is -2.19. The molecule has 1 amide bonds. The van der Waals surface area contributed by atoms with Crippen LogP contribution in [0.15, 0.2) is 30.3 Å². The Labute approximate surface area is 122 Å². The van der Waals surface area contributed by atoms with E-state index >= 15 is 0 Å². The highest BCUT2D eigenvalue weighted by atomic mass is 16.3. The molecule has 0 fully saturated rings. The van der Waals surface area contributed by atoms with Crippen molar-refractivity contribution in [3.05, 3.63) is 35.9 Å². The zero-order valence-corrected chi connectivity index (χ0v) is 12.8.